The van der Waals surface area contributed by atoms with Crippen molar-refractivity contribution < 1.29 is 14.1 Å². The molecule has 0 spiro atoms. The number of carbonyl (C=O) groups excluding carboxylic acids is 2. The Morgan fingerprint density at radius 2 is 2.08 bits per heavy atom. The lowest BCUT2D eigenvalue weighted by Gasteiger charge is -2.41. The van der Waals surface area contributed by atoms with Crippen molar-refractivity contribution in [2.75, 3.05) is 19.6 Å². The van der Waals surface area contributed by atoms with E-state index in [0.717, 1.165) is 5.56 Å². The van der Waals surface area contributed by atoms with Crippen molar-refractivity contribution in [1.82, 2.24) is 19.9 Å². The third-order valence-electron chi connectivity index (χ3n) is 4.48. The maximum atomic E-state index is 12.8. The van der Waals surface area contributed by atoms with E-state index in [0.29, 0.717) is 37.8 Å². The summed E-state index contributed by atoms with van der Waals surface area (Å²) in [6, 6.07) is 9.85. The smallest absolute Gasteiger partial charge is 0.246 e. The second kappa shape index (κ2) is 7.95. The van der Waals surface area contributed by atoms with E-state index in [1.165, 1.54) is 6.08 Å². The summed E-state index contributed by atoms with van der Waals surface area (Å²) < 4.78 is 4.94. The average molecular weight is 354 g/mol. The topological polar surface area (TPSA) is 79.5 Å². The molecule has 1 unspecified atom stereocenters. The molecule has 1 aliphatic rings. The molecule has 0 radical (unpaired) electrons. The van der Waals surface area contributed by atoms with Crippen LogP contribution in [0.25, 0.3) is 0 Å². The van der Waals surface area contributed by atoms with E-state index in [1.807, 2.05) is 35.2 Å². The van der Waals surface area contributed by atoms with E-state index in [1.54, 1.807) is 11.8 Å². The molecule has 0 aliphatic carbocycles. The Hall–Kier alpha value is -2.96. The number of rotatable bonds is 5. The summed E-state index contributed by atoms with van der Waals surface area (Å²) in [5.41, 5.74) is 1.12. The zero-order valence-electron chi connectivity index (χ0n) is 14.8. The van der Waals surface area contributed by atoms with E-state index < -0.39 is 0 Å². The van der Waals surface area contributed by atoms with Gasteiger partial charge in [0.25, 0.3) is 0 Å². The minimum Gasteiger partial charge on any atom is -0.340 e. The van der Waals surface area contributed by atoms with Crippen LogP contribution in [0, 0.1) is 6.92 Å². The third-order valence-corrected chi connectivity index (χ3v) is 4.48. The largest absolute Gasteiger partial charge is 0.340 e. The highest BCUT2D eigenvalue weighted by Crippen LogP contribution is 2.17. The Morgan fingerprint density at radius 3 is 2.73 bits per heavy atom. The van der Waals surface area contributed by atoms with Gasteiger partial charge in [0, 0.05) is 26.6 Å². The van der Waals surface area contributed by atoms with Gasteiger partial charge in [-0.25, -0.2) is 0 Å². The van der Waals surface area contributed by atoms with Gasteiger partial charge >= 0.3 is 0 Å². The molecule has 1 aromatic carbocycles. The molecule has 2 aromatic rings. The fourth-order valence-electron chi connectivity index (χ4n) is 3.22. The molecule has 1 aromatic heterocycles. The van der Waals surface area contributed by atoms with Gasteiger partial charge in [-0.05, 0) is 18.1 Å². The second-order valence-corrected chi connectivity index (χ2v) is 6.33. The molecular weight excluding hydrogens is 332 g/mol. The molecule has 2 heterocycles. The van der Waals surface area contributed by atoms with Crippen LogP contribution < -0.4 is 0 Å². The fraction of sp³-hybridized carbons (Fsp3) is 0.368. The van der Waals surface area contributed by atoms with Crippen LogP contribution in [0.4, 0.5) is 0 Å². The molecule has 0 saturated carbocycles. The van der Waals surface area contributed by atoms with Crippen molar-refractivity contribution in [3.8, 4) is 0 Å². The quantitative estimate of drug-likeness (QED) is 0.758. The van der Waals surface area contributed by atoms with Gasteiger partial charge in [0.15, 0.2) is 5.82 Å². The van der Waals surface area contributed by atoms with Crippen LogP contribution in [-0.4, -0.2) is 57.4 Å². The third kappa shape index (κ3) is 4.17. The summed E-state index contributed by atoms with van der Waals surface area (Å²) in [7, 11) is 0. The number of benzene rings is 1. The fourth-order valence-corrected chi connectivity index (χ4v) is 3.22. The van der Waals surface area contributed by atoms with Crippen LogP contribution >= 0.6 is 0 Å². The number of nitrogens with zero attached hydrogens (tertiary/aromatic N) is 4. The summed E-state index contributed by atoms with van der Waals surface area (Å²) in [5, 5.41) is 3.80. The van der Waals surface area contributed by atoms with Gasteiger partial charge in [-0.1, -0.05) is 42.1 Å². The van der Waals surface area contributed by atoms with Crippen LogP contribution in [0.15, 0.2) is 47.5 Å². The van der Waals surface area contributed by atoms with Gasteiger partial charge in [0.2, 0.25) is 17.7 Å². The molecule has 1 fully saturated rings. The number of hydrogen-bond acceptors (Lipinski definition) is 5. The molecule has 1 aliphatic heterocycles. The van der Waals surface area contributed by atoms with E-state index in [-0.39, 0.29) is 24.3 Å². The average Bonchev–Trinajstić information content (AvgIpc) is 3.06. The number of hydrogen-bond donors (Lipinski definition) is 0. The molecule has 1 atom stereocenters. The second-order valence-electron chi connectivity index (χ2n) is 6.33. The van der Waals surface area contributed by atoms with Crippen LogP contribution in [0.1, 0.15) is 17.3 Å². The molecule has 26 heavy (non-hydrogen) atoms. The lowest BCUT2D eigenvalue weighted by Crippen LogP contribution is -2.57. The maximum Gasteiger partial charge on any atom is 0.246 e. The Morgan fingerprint density at radius 1 is 1.31 bits per heavy atom. The number of aryl methyl sites for hydroxylation is 1. The van der Waals surface area contributed by atoms with E-state index in [9.17, 15) is 9.59 Å². The van der Waals surface area contributed by atoms with Crippen molar-refractivity contribution >= 4 is 11.8 Å². The van der Waals surface area contributed by atoms with Crippen molar-refractivity contribution in [3.05, 3.63) is 60.3 Å². The molecule has 0 N–H and O–H groups in total. The van der Waals surface area contributed by atoms with E-state index >= 15 is 0 Å². The number of piperazine rings is 1. The Kier molecular flexibility index (Phi) is 5.46. The van der Waals surface area contributed by atoms with Crippen molar-refractivity contribution in [2.24, 2.45) is 0 Å². The minimum atomic E-state index is -0.107. The summed E-state index contributed by atoms with van der Waals surface area (Å²) in [4.78, 5) is 32.5. The zero-order chi connectivity index (χ0) is 18.5. The Balaban J connectivity index is 1.75. The first-order valence-corrected chi connectivity index (χ1v) is 8.60. The monoisotopic (exact) mass is 354 g/mol. The number of amides is 2. The van der Waals surface area contributed by atoms with E-state index in [2.05, 4.69) is 16.7 Å². The molecule has 2 amide bonds. The predicted molar refractivity (Wildman–Crippen MR) is 95.2 cm³/mol. The van der Waals surface area contributed by atoms with Crippen LogP contribution in [-0.2, 0) is 22.4 Å². The lowest BCUT2D eigenvalue weighted by atomic mass is 10.0. The van der Waals surface area contributed by atoms with Crippen molar-refractivity contribution in [2.45, 2.75) is 25.8 Å². The Labute approximate surface area is 152 Å². The maximum absolute atomic E-state index is 12.8. The lowest BCUT2D eigenvalue weighted by molar-refractivity contribution is -0.140. The number of aromatic nitrogens is 2. The first-order chi connectivity index (χ1) is 12.6. The van der Waals surface area contributed by atoms with Crippen molar-refractivity contribution in [1.29, 1.82) is 0 Å². The predicted octanol–water partition coefficient (Wildman–Crippen LogP) is 1.39. The van der Waals surface area contributed by atoms with Crippen LogP contribution in [0.2, 0.25) is 0 Å². The summed E-state index contributed by atoms with van der Waals surface area (Å²) >= 11 is 0. The first kappa shape index (κ1) is 17.8. The molecular formula is C19H22N4O3. The summed E-state index contributed by atoms with van der Waals surface area (Å²) in [5.74, 6) is 0.659. The summed E-state index contributed by atoms with van der Waals surface area (Å²) in [6.45, 7) is 6.71. The molecule has 7 heteroatoms. The van der Waals surface area contributed by atoms with Crippen molar-refractivity contribution in [3.63, 3.8) is 0 Å². The molecule has 3 rings (SSSR count). The van der Waals surface area contributed by atoms with E-state index in [4.69, 9.17) is 4.52 Å². The van der Waals surface area contributed by atoms with Gasteiger partial charge in [-0.3, -0.25) is 9.59 Å². The van der Waals surface area contributed by atoms with Gasteiger partial charge in [0.05, 0.1) is 12.5 Å². The van der Waals surface area contributed by atoms with Gasteiger partial charge in [-0.15, -0.1) is 0 Å². The first-order valence-electron chi connectivity index (χ1n) is 8.60. The molecule has 136 valence electrons. The Bertz CT molecular complexity index is 787. The zero-order valence-corrected chi connectivity index (χ0v) is 14.8. The van der Waals surface area contributed by atoms with Gasteiger partial charge in [0.1, 0.15) is 0 Å². The van der Waals surface area contributed by atoms with Crippen LogP contribution in [0.3, 0.4) is 0 Å². The summed E-state index contributed by atoms with van der Waals surface area (Å²) in [6.07, 6.45) is 2.09. The van der Waals surface area contributed by atoms with Crippen LogP contribution in [0.5, 0.6) is 0 Å². The highest BCUT2D eigenvalue weighted by atomic mass is 16.5. The molecule has 0 bridgehead atoms. The van der Waals surface area contributed by atoms with Gasteiger partial charge < -0.3 is 14.3 Å². The minimum absolute atomic E-state index is 0.0579. The standard InChI is InChI=1S/C19H22N4O3/c1-3-18(24)22-9-10-23(19(25)12-17-20-14(2)26-21-17)16(13-22)11-15-7-5-4-6-8-15/h3-8,16H,1,9-13H2,2H3. The van der Waals surface area contributed by atoms with Gasteiger partial charge in [-0.2, -0.15) is 4.98 Å². The number of carbonyl (C=O) groups is 2. The molecule has 7 nitrogen and oxygen atoms in total. The highest BCUT2D eigenvalue weighted by molar-refractivity contribution is 5.87. The highest BCUT2D eigenvalue weighted by Gasteiger charge is 2.32. The SMILES string of the molecule is C=CC(=O)N1CCN(C(=O)Cc2noc(C)n2)C(Cc2ccccc2)C1. The molecule has 1 saturated heterocycles. The normalized spacial score (nSPS) is 17.2.